The van der Waals surface area contributed by atoms with E-state index in [1.165, 1.54) is 0 Å². The molecule has 1 saturated heterocycles. The van der Waals surface area contributed by atoms with E-state index in [4.69, 9.17) is 0 Å². The quantitative estimate of drug-likeness (QED) is 0.842. The number of amides is 1. The van der Waals surface area contributed by atoms with Crippen molar-refractivity contribution in [2.24, 2.45) is 0 Å². The average Bonchev–Trinajstić information content (AvgIpc) is 2.39. The summed E-state index contributed by atoms with van der Waals surface area (Å²) >= 11 is 0. The zero-order valence-corrected chi connectivity index (χ0v) is 10.8. The van der Waals surface area contributed by atoms with E-state index in [0.717, 1.165) is 37.6 Å². The van der Waals surface area contributed by atoms with Crippen LogP contribution in [0.3, 0.4) is 0 Å². The average molecular weight is 249 g/mol. The molecular weight excluding hydrogens is 230 g/mol. The summed E-state index contributed by atoms with van der Waals surface area (Å²) in [6, 6.07) is 3.73. The standard InChI is InChI=1S/C13H19N3O2/c1-10(17)12-3-4-14-13(9-12)16-7-5-15(6-8-16)11(2)18/h3-4,9-10,17H,5-8H2,1-2H3/t10-/m0/s1. The van der Waals surface area contributed by atoms with Crippen LogP contribution in [0.25, 0.3) is 0 Å². The Balaban J connectivity index is 2.05. The van der Waals surface area contributed by atoms with Gasteiger partial charge in [-0.05, 0) is 24.6 Å². The highest BCUT2D eigenvalue weighted by Gasteiger charge is 2.19. The van der Waals surface area contributed by atoms with Gasteiger partial charge in [0.2, 0.25) is 5.91 Å². The molecule has 0 aromatic carbocycles. The van der Waals surface area contributed by atoms with Gasteiger partial charge in [0.15, 0.2) is 0 Å². The Morgan fingerprint density at radius 1 is 1.39 bits per heavy atom. The zero-order valence-electron chi connectivity index (χ0n) is 10.8. The lowest BCUT2D eigenvalue weighted by atomic mass is 10.1. The van der Waals surface area contributed by atoms with Gasteiger partial charge in [-0.15, -0.1) is 0 Å². The minimum Gasteiger partial charge on any atom is -0.389 e. The molecule has 18 heavy (non-hydrogen) atoms. The van der Waals surface area contributed by atoms with Crippen LogP contribution in [0, 0.1) is 0 Å². The number of hydrogen-bond donors (Lipinski definition) is 1. The van der Waals surface area contributed by atoms with Crippen LogP contribution >= 0.6 is 0 Å². The molecule has 5 heteroatoms. The van der Waals surface area contributed by atoms with Crippen molar-refractivity contribution in [1.82, 2.24) is 9.88 Å². The summed E-state index contributed by atoms with van der Waals surface area (Å²) in [6.45, 7) is 6.38. The number of aromatic nitrogens is 1. The molecule has 1 amide bonds. The molecule has 0 aliphatic carbocycles. The molecule has 98 valence electrons. The lowest BCUT2D eigenvalue weighted by molar-refractivity contribution is -0.129. The number of anilines is 1. The van der Waals surface area contributed by atoms with Crippen LogP contribution in [0.2, 0.25) is 0 Å². The van der Waals surface area contributed by atoms with Crippen LogP contribution < -0.4 is 4.90 Å². The maximum Gasteiger partial charge on any atom is 0.219 e. The van der Waals surface area contributed by atoms with Crippen LogP contribution in [0.15, 0.2) is 18.3 Å². The van der Waals surface area contributed by atoms with Gasteiger partial charge in [0.25, 0.3) is 0 Å². The van der Waals surface area contributed by atoms with Gasteiger partial charge in [-0.1, -0.05) is 0 Å². The third kappa shape index (κ3) is 2.79. The van der Waals surface area contributed by atoms with Crippen molar-refractivity contribution >= 4 is 11.7 Å². The molecule has 0 unspecified atom stereocenters. The monoisotopic (exact) mass is 249 g/mol. The number of pyridine rings is 1. The van der Waals surface area contributed by atoms with Crippen LogP contribution in [0.5, 0.6) is 0 Å². The fraction of sp³-hybridized carbons (Fsp3) is 0.538. The molecule has 1 aromatic rings. The predicted molar refractivity (Wildman–Crippen MR) is 69.3 cm³/mol. The van der Waals surface area contributed by atoms with Crippen molar-refractivity contribution in [1.29, 1.82) is 0 Å². The summed E-state index contributed by atoms with van der Waals surface area (Å²) in [7, 11) is 0. The Morgan fingerprint density at radius 3 is 2.61 bits per heavy atom. The molecule has 1 N–H and O–H groups in total. The summed E-state index contributed by atoms with van der Waals surface area (Å²) < 4.78 is 0. The van der Waals surface area contributed by atoms with Crippen molar-refractivity contribution in [3.63, 3.8) is 0 Å². The van der Waals surface area contributed by atoms with E-state index < -0.39 is 6.10 Å². The second-order valence-corrected chi connectivity index (χ2v) is 4.62. The molecule has 1 fully saturated rings. The lowest BCUT2D eigenvalue weighted by Gasteiger charge is -2.35. The van der Waals surface area contributed by atoms with E-state index in [1.807, 2.05) is 17.0 Å². The molecule has 1 atom stereocenters. The Morgan fingerprint density at radius 2 is 2.06 bits per heavy atom. The number of hydrogen-bond acceptors (Lipinski definition) is 4. The van der Waals surface area contributed by atoms with Crippen LogP contribution in [-0.2, 0) is 4.79 Å². The molecule has 0 spiro atoms. The third-order valence-electron chi connectivity index (χ3n) is 3.30. The van der Waals surface area contributed by atoms with Gasteiger partial charge in [-0.25, -0.2) is 4.98 Å². The fourth-order valence-electron chi connectivity index (χ4n) is 2.12. The highest BCUT2D eigenvalue weighted by molar-refractivity contribution is 5.73. The summed E-state index contributed by atoms with van der Waals surface area (Å²) in [5.74, 6) is 0.997. The Kier molecular flexibility index (Phi) is 3.81. The molecule has 1 aliphatic heterocycles. The summed E-state index contributed by atoms with van der Waals surface area (Å²) in [5.41, 5.74) is 0.869. The van der Waals surface area contributed by atoms with E-state index in [2.05, 4.69) is 9.88 Å². The van der Waals surface area contributed by atoms with Crippen molar-refractivity contribution in [2.75, 3.05) is 31.1 Å². The van der Waals surface area contributed by atoms with E-state index in [0.29, 0.717) is 0 Å². The van der Waals surface area contributed by atoms with Crippen molar-refractivity contribution < 1.29 is 9.90 Å². The van der Waals surface area contributed by atoms with Gasteiger partial charge in [-0.3, -0.25) is 4.79 Å². The molecule has 2 rings (SSSR count). The fourth-order valence-corrected chi connectivity index (χ4v) is 2.12. The number of piperazine rings is 1. The molecule has 5 nitrogen and oxygen atoms in total. The third-order valence-corrected chi connectivity index (χ3v) is 3.30. The van der Waals surface area contributed by atoms with E-state index in [9.17, 15) is 9.90 Å². The molecular formula is C13H19N3O2. The minimum absolute atomic E-state index is 0.125. The predicted octanol–water partition coefficient (Wildman–Crippen LogP) is 0.803. The summed E-state index contributed by atoms with van der Waals surface area (Å²) in [5, 5.41) is 9.56. The number of nitrogens with zero attached hydrogens (tertiary/aromatic N) is 3. The van der Waals surface area contributed by atoms with E-state index >= 15 is 0 Å². The molecule has 1 aromatic heterocycles. The Hall–Kier alpha value is -1.62. The normalized spacial score (nSPS) is 17.7. The first-order valence-corrected chi connectivity index (χ1v) is 6.22. The number of carbonyl (C=O) groups is 1. The second-order valence-electron chi connectivity index (χ2n) is 4.62. The first-order chi connectivity index (χ1) is 8.58. The van der Waals surface area contributed by atoms with Crippen LogP contribution in [-0.4, -0.2) is 47.1 Å². The molecule has 0 bridgehead atoms. The first-order valence-electron chi connectivity index (χ1n) is 6.22. The van der Waals surface area contributed by atoms with Gasteiger partial charge in [-0.2, -0.15) is 0 Å². The van der Waals surface area contributed by atoms with Crippen molar-refractivity contribution in [3.05, 3.63) is 23.9 Å². The van der Waals surface area contributed by atoms with Gasteiger partial charge in [0, 0.05) is 39.3 Å². The second kappa shape index (κ2) is 5.35. The topological polar surface area (TPSA) is 56.7 Å². The van der Waals surface area contributed by atoms with Crippen molar-refractivity contribution in [3.8, 4) is 0 Å². The SMILES string of the molecule is CC(=O)N1CCN(c2cc([C@H](C)O)ccn2)CC1. The van der Waals surface area contributed by atoms with Crippen LogP contribution in [0.1, 0.15) is 25.5 Å². The van der Waals surface area contributed by atoms with Crippen LogP contribution in [0.4, 0.5) is 5.82 Å². The van der Waals surface area contributed by atoms with Crippen molar-refractivity contribution in [2.45, 2.75) is 20.0 Å². The molecule has 1 aliphatic rings. The van der Waals surface area contributed by atoms with E-state index in [1.54, 1.807) is 20.0 Å². The largest absolute Gasteiger partial charge is 0.389 e. The zero-order chi connectivity index (χ0) is 13.1. The van der Waals surface area contributed by atoms with E-state index in [-0.39, 0.29) is 5.91 Å². The molecule has 0 radical (unpaired) electrons. The lowest BCUT2D eigenvalue weighted by Crippen LogP contribution is -2.48. The molecule has 2 heterocycles. The van der Waals surface area contributed by atoms with Gasteiger partial charge < -0.3 is 14.9 Å². The van der Waals surface area contributed by atoms with Gasteiger partial charge in [0.1, 0.15) is 5.82 Å². The minimum atomic E-state index is -0.481. The maximum atomic E-state index is 11.2. The Bertz CT molecular complexity index is 426. The molecule has 0 saturated carbocycles. The number of aliphatic hydroxyl groups excluding tert-OH is 1. The summed E-state index contributed by atoms with van der Waals surface area (Å²) in [6.07, 6.45) is 1.24. The number of aliphatic hydroxyl groups is 1. The first kappa shape index (κ1) is 12.8. The number of rotatable bonds is 2. The number of carbonyl (C=O) groups excluding carboxylic acids is 1. The summed E-state index contributed by atoms with van der Waals surface area (Å²) in [4.78, 5) is 19.6. The smallest absolute Gasteiger partial charge is 0.219 e. The highest BCUT2D eigenvalue weighted by atomic mass is 16.3. The van der Waals surface area contributed by atoms with Gasteiger partial charge >= 0.3 is 0 Å². The maximum absolute atomic E-state index is 11.2. The highest BCUT2D eigenvalue weighted by Crippen LogP contribution is 2.19. The van der Waals surface area contributed by atoms with Gasteiger partial charge in [0.05, 0.1) is 6.10 Å². The Labute approximate surface area is 107 Å².